The zero-order valence-corrected chi connectivity index (χ0v) is 15.7. The molecule has 1 N–H and O–H groups in total. The van der Waals surface area contributed by atoms with E-state index in [0.717, 1.165) is 17.0 Å². The van der Waals surface area contributed by atoms with Crippen LogP contribution in [-0.2, 0) is 22.9 Å². The second-order valence-electron chi connectivity index (χ2n) is 6.38. The molecule has 3 rings (SSSR count). The molecule has 0 bridgehead atoms. The van der Waals surface area contributed by atoms with Crippen molar-refractivity contribution >= 4 is 15.9 Å². The van der Waals surface area contributed by atoms with Gasteiger partial charge in [0.25, 0.3) is 0 Å². The molecule has 0 spiro atoms. The lowest BCUT2D eigenvalue weighted by molar-refractivity contribution is 0.180. The number of nitrogens with zero attached hydrogens (tertiary/aromatic N) is 4. The maximum absolute atomic E-state index is 12.7. The Morgan fingerprint density at radius 3 is 2.88 bits per heavy atom. The number of hydrogen-bond donors (Lipinski definition) is 1. The first-order chi connectivity index (χ1) is 12.4. The standard InChI is InChI=1S/C17H23N5O3S/c1-3-21-11-14(9-19-21)16-12-26(24,25)8-7-22(16)17(23)18-10-15-6-4-5-13(2)20-15/h4-6,9,11,16H,3,7-8,10,12H2,1-2H3,(H,18,23)/t16-/m0/s1. The van der Waals surface area contributed by atoms with Crippen LogP contribution in [-0.4, -0.2) is 52.2 Å². The van der Waals surface area contributed by atoms with E-state index in [0.29, 0.717) is 13.1 Å². The van der Waals surface area contributed by atoms with Crippen molar-refractivity contribution in [2.24, 2.45) is 0 Å². The Kier molecular flexibility index (Phi) is 5.26. The number of nitrogens with one attached hydrogen (secondary N) is 1. The number of aromatic nitrogens is 3. The van der Waals surface area contributed by atoms with Crippen LogP contribution in [0.1, 0.15) is 29.9 Å². The molecule has 2 aromatic rings. The van der Waals surface area contributed by atoms with Gasteiger partial charge < -0.3 is 10.2 Å². The van der Waals surface area contributed by atoms with Crippen LogP contribution < -0.4 is 5.32 Å². The smallest absolute Gasteiger partial charge is 0.318 e. The largest absolute Gasteiger partial charge is 0.332 e. The third-order valence-corrected chi connectivity index (χ3v) is 6.05. The van der Waals surface area contributed by atoms with Crippen LogP contribution >= 0.6 is 0 Å². The SMILES string of the molecule is CCn1cc([C@@H]2CS(=O)(=O)CCN2C(=O)NCc2cccc(C)n2)cn1. The molecule has 1 aliphatic heterocycles. The maximum Gasteiger partial charge on any atom is 0.318 e. The first-order valence-corrected chi connectivity index (χ1v) is 10.4. The van der Waals surface area contributed by atoms with Gasteiger partial charge in [0.2, 0.25) is 0 Å². The Morgan fingerprint density at radius 2 is 2.19 bits per heavy atom. The highest BCUT2D eigenvalue weighted by atomic mass is 32.2. The normalized spacial score (nSPS) is 19.3. The minimum Gasteiger partial charge on any atom is -0.332 e. The molecule has 2 aromatic heterocycles. The summed E-state index contributed by atoms with van der Waals surface area (Å²) in [5.41, 5.74) is 2.38. The highest BCUT2D eigenvalue weighted by molar-refractivity contribution is 7.91. The summed E-state index contributed by atoms with van der Waals surface area (Å²) < 4.78 is 25.9. The van der Waals surface area contributed by atoms with Crippen LogP contribution in [0.5, 0.6) is 0 Å². The van der Waals surface area contributed by atoms with Crippen molar-refractivity contribution in [1.82, 2.24) is 25.0 Å². The fraction of sp³-hybridized carbons (Fsp3) is 0.471. The fourth-order valence-corrected chi connectivity index (χ4v) is 4.51. The number of rotatable bonds is 4. The quantitative estimate of drug-likeness (QED) is 0.866. The molecule has 0 radical (unpaired) electrons. The molecule has 8 nitrogen and oxygen atoms in total. The molecule has 2 amide bonds. The topological polar surface area (TPSA) is 97.2 Å². The number of hydrogen-bond acceptors (Lipinski definition) is 5. The van der Waals surface area contributed by atoms with Crippen molar-refractivity contribution in [3.05, 3.63) is 47.5 Å². The molecule has 140 valence electrons. The van der Waals surface area contributed by atoms with E-state index in [4.69, 9.17) is 0 Å². The van der Waals surface area contributed by atoms with Gasteiger partial charge in [-0.1, -0.05) is 6.07 Å². The monoisotopic (exact) mass is 377 g/mol. The number of aryl methyl sites for hydroxylation is 2. The molecule has 1 saturated heterocycles. The lowest BCUT2D eigenvalue weighted by atomic mass is 10.1. The van der Waals surface area contributed by atoms with Crippen LogP contribution in [0.4, 0.5) is 4.79 Å². The van der Waals surface area contributed by atoms with Crippen LogP contribution in [0.15, 0.2) is 30.6 Å². The highest BCUT2D eigenvalue weighted by Crippen LogP contribution is 2.26. The molecule has 0 aromatic carbocycles. The Morgan fingerprint density at radius 1 is 1.38 bits per heavy atom. The molecule has 1 atom stereocenters. The Labute approximate surface area is 153 Å². The second-order valence-corrected chi connectivity index (χ2v) is 8.61. The summed E-state index contributed by atoms with van der Waals surface area (Å²) in [5, 5.41) is 7.05. The van der Waals surface area contributed by atoms with Gasteiger partial charge in [-0.15, -0.1) is 0 Å². The van der Waals surface area contributed by atoms with E-state index in [1.165, 1.54) is 0 Å². The minimum absolute atomic E-state index is 0.0263. The van der Waals surface area contributed by atoms with Gasteiger partial charge in [0.05, 0.1) is 36.0 Å². The Bertz CT molecular complexity index is 893. The molecule has 9 heteroatoms. The van der Waals surface area contributed by atoms with E-state index >= 15 is 0 Å². The lowest BCUT2D eigenvalue weighted by Gasteiger charge is -2.34. The van der Waals surface area contributed by atoms with Crippen LogP contribution in [0.25, 0.3) is 0 Å². The van der Waals surface area contributed by atoms with E-state index in [-0.39, 0.29) is 24.1 Å². The first-order valence-electron chi connectivity index (χ1n) is 8.58. The zero-order chi connectivity index (χ0) is 18.7. The number of sulfone groups is 1. The third kappa shape index (κ3) is 4.21. The first kappa shape index (κ1) is 18.4. The lowest BCUT2D eigenvalue weighted by Crippen LogP contribution is -2.49. The van der Waals surface area contributed by atoms with Gasteiger partial charge >= 0.3 is 6.03 Å². The van der Waals surface area contributed by atoms with Crippen molar-refractivity contribution in [2.45, 2.75) is 33.0 Å². The van der Waals surface area contributed by atoms with Crippen molar-refractivity contribution in [1.29, 1.82) is 0 Å². The fourth-order valence-electron chi connectivity index (χ4n) is 3.02. The van der Waals surface area contributed by atoms with Crippen molar-refractivity contribution in [3.8, 4) is 0 Å². The summed E-state index contributed by atoms with van der Waals surface area (Å²) in [6, 6.07) is 4.80. The summed E-state index contributed by atoms with van der Waals surface area (Å²) in [7, 11) is -3.19. The van der Waals surface area contributed by atoms with Gasteiger partial charge in [0.15, 0.2) is 9.84 Å². The summed E-state index contributed by atoms with van der Waals surface area (Å²) in [4.78, 5) is 18.6. The van der Waals surface area contributed by atoms with Gasteiger partial charge in [-0.3, -0.25) is 9.67 Å². The van der Waals surface area contributed by atoms with Gasteiger partial charge in [-0.2, -0.15) is 5.10 Å². The molecule has 3 heterocycles. The van der Waals surface area contributed by atoms with Crippen molar-refractivity contribution in [2.75, 3.05) is 18.1 Å². The second kappa shape index (κ2) is 7.45. The van der Waals surface area contributed by atoms with Gasteiger partial charge in [-0.05, 0) is 26.0 Å². The number of carbonyl (C=O) groups is 1. The van der Waals surface area contributed by atoms with E-state index in [1.807, 2.05) is 32.0 Å². The van der Waals surface area contributed by atoms with Gasteiger partial charge in [0, 0.05) is 30.5 Å². The molecule has 0 unspecified atom stereocenters. The van der Waals surface area contributed by atoms with E-state index in [2.05, 4.69) is 15.4 Å². The van der Waals surface area contributed by atoms with E-state index < -0.39 is 15.9 Å². The van der Waals surface area contributed by atoms with Crippen LogP contribution in [0, 0.1) is 6.92 Å². The van der Waals surface area contributed by atoms with Gasteiger partial charge in [0.1, 0.15) is 0 Å². The number of carbonyl (C=O) groups excluding carboxylic acids is 1. The number of amides is 2. The third-order valence-electron chi connectivity index (χ3n) is 4.42. The average molecular weight is 377 g/mol. The molecule has 1 aliphatic rings. The van der Waals surface area contributed by atoms with Gasteiger partial charge in [-0.25, -0.2) is 13.2 Å². The predicted octanol–water partition coefficient (Wildman–Crippen LogP) is 1.29. The van der Waals surface area contributed by atoms with Crippen molar-refractivity contribution in [3.63, 3.8) is 0 Å². The average Bonchev–Trinajstić information content (AvgIpc) is 3.08. The van der Waals surface area contributed by atoms with E-state index in [9.17, 15) is 13.2 Å². The van der Waals surface area contributed by atoms with Crippen molar-refractivity contribution < 1.29 is 13.2 Å². The highest BCUT2D eigenvalue weighted by Gasteiger charge is 2.35. The molecule has 0 saturated carbocycles. The zero-order valence-electron chi connectivity index (χ0n) is 14.9. The predicted molar refractivity (Wildman–Crippen MR) is 97.2 cm³/mol. The molecular weight excluding hydrogens is 354 g/mol. The van der Waals surface area contributed by atoms with Crippen LogP contribution in [0.3, 0.4) is 0 Å². The molecule has 26 heavy (non-hydrogen) atoms. The number of pyridine rings is 1. The molecule has 0 aliphatic carbocycles. The van der Waals surface area contributed by atoms with E-state index in [1.54, 1.807) is 22.0 Å². The maximum atomic E-state index is 12.7. The molecule has 1 fully saturated rings. The Balaban J connectivity index is 1.75. The Hall–Kier alpha value is -2.42. The summed E-state index contributed by atoms with van der Waals surface area (Å²) in [6.07, 6.45) is 3.44. The summed E-state index contributed by atoms with van der Waals surface area (Å²) in [5.74, 6) is -0.111. The molecular formula is C17H23N5O3S. The number of urea groups is 1. The summed E-state index contributed by atoms with van der Waals surface area (Å²) in [6.45, 7) is 4.99. The van der Waals surface area contributed by atoms with Crippen LogP contribution in [0.2, 0.25) is 0 Å². The summed E-state index contributed by atoms with van der Waals surface area (Å²) >= 11 is 0. The minimum atomic E-state index is -3.19.